The van der Waals surface area contributed by atoms with E-state index >= 15 is 0 Å². The lowest BCUT2D eigenvalue weighted by Gasteiger charge is -2.10. The summed E-state index contributed by atoms with van der Waals surface area (Å²) in [4.78, 5) is 3.63. The van der Waals surface area contributed by atoms with Gasteiger partial charge >= 0.3 is 0 Å². The lowest BCUT2D eigenvalue weighted by atomic mass is 10.3. The minimum absolute atomic E-state index is 0.0935. The minimum Gasteiger partial charge on any atom is -0.489 e. The fraction of sp³-hybridized carbons (Fsp3) is 0.545. The van der Waals surface area contributed by atoms with E-state index in [1.807, 2.05) is 27.7 Å². The first-order chi connectivity index (χ1) is 6.59. The SMILES string of the molecule is CC.Cc1nc(F)ccc1OC(C)C. The van der Waals surface area contributed by atoms with Gasteiger partial charge in [-0.1, -0.05) is 13.8 Å². The van der Waals surface area contributed by atoms with Gasteiger partial charge in [-0.2, -0.15) is 4.39 Å². The smallest absolute Gasteiger partial charge is 0.213 e. The Labute approximate surface area is 85.1 Å². The van der Waals surface area contributed by atoms with Gasteiger partial charge in [-0.25, -0.2) is 4.98 Å². The highest BCUT2D eigenvalue weighted by Crippen LogP contribution is 2.16. The summed E-state index contributed by atoms with van der Waals surface area (Å²) in [7, 11) is 0. The zero-order valence-electron chi connectivity index (χ0n) is 9.47. The second-order valence-corrected chi connectivity index (χ2v) is 2.88. The molecule has 2 nitrogen and oxygen atoms in total. The molecular formula is C11H18FNO. The summed E-state index contributed by atoms with van der Waals surface area (Å²) in [6.07, 6.45) is 0.0935. The van der Waals surface area contributed by atoms with Gasteiger partial charge in [-0.3, -0.25) is 0 Å². The second kappa shape index (κ2) is 6.35. The van der Waals surface area contributed by atoms with Gasteiger partial charge < -0.3 is 4.74 Å². The Hall–Kier alpha value is -1.12. The van der Waals surface area contributed by atoms with Crippen molar-refractivity contribution in [1.29, 1.82) is 0 Å². The topological polar surface area (TPSA) is 22.1 Å². The number of rotatable bonds is 2. The van der Waals surface area contributed by atoms with Gasteiger partial charge in [0.05, 0.1) is 11.8 Å². The van der Waals surface area contributed by atoms with Crippen molar-refractivity contribution in [2.45, 2.75) is 40.7 Å². The van der Waals surface area contributed by atoms with Gasteiger partial charge in [0, 0.05) is 0 Å². The first kappa shape index (κ1) is 12.9. The molecule has 0 saturated carbocycles. The van der Waals surface area contributed by atoms with Crippen LogP contribution in [-0.2, 0) is 0 Å². The molecule has 0 aliphatic rings. The fourth-order valence-corrected chi connectivity index (χ4v) is 0.896. The van der Waals surface area contributed by atoms with Gasteiger partial charge in [-0.05, 0) is 32.9 Å². The highest BCUT2D eigenvalue weighted by molar-refractivity contribution is 5.25. The summed E-state index contributed by atoms with van der Waals surface area (Å²) in [6, 6.07) is 2.89. The molecule has 14 heavy (non-hydrogen) atoms. The largest absolute Gasteiger partial charge is 0.489 e. The Kier molecular flexibility index (Phi) is 5.84. The summed E-state index contributed by atoms with van der Waals surface area (Å²) in [5, 5.41) is 0. The number of nitrogens with zero attached hydrogens (tertiary/aromatic N) is 1. The molecule has 1 aromatic rings. The van der Waals surface area contributed by atoms with Crippen LogP contribution in [0.5, 0.6) is 5.75 Å². The summed E-state index contributed by atoms with van der Waals surface area (Å²) in [6.45, 7) is 9.56. The van der Waals surface area contributed by atoms with Crippen LogP contribution < -0.4 is 4.74 Å². The number of halogens is 1. The monoisotopic (exact) mass is 199 g/mol. The first-order valence-electron chi connectivity index (χ1n) is 4.89. The molecule has 1 heterocycles. The van der Waals surface area contributed by atoms with Crippen molar-refractivity contribution in [2.75, 3.05) is 0 Å². The van der Waals surface area contributed by atoms with E-state index in [9.17, 15) is 4.39 Å². The van der Waals surface area contributed by atoms with E-state index in [-0.39, 0.29) is 6.10 Å². The maximum absolute atomic E-state index is 12.5. The molecule has 0 aliphatic heterocycles. The number of hydrogen-bond donors (Lipinski definition) is 0. The van der Waals surface area contributed by atoms with Crippen LogP contribution in [0.15, 0.2) is 12.1 Å². The first-order valence-corrected chi connectivity index (χ1v) is 4.89. The molecule has 0 saturated heterocycles. The predicted octanol–water partition coefficient (Wildman–Crippen LogP) is 3.34. The van der Waals surface area contributed by atoms with Crippen LogP contribution in [0.25, 0.3) is 0 Å². The van der Waals surface area contributed by atoms with E-state index in [1.165, 1.54) is 6.07 Å². The van der Waals surface area contributed by atoms with Crippen LogP contribution in [0, 0.1) is 12.9 Å². The average molecular weight is 199 g/mol. The van der Waals surface area contributed by atoms with Crippen LogP contribution in [-0.4, -0.2) is 11.1 Å². The van der Waals surface area contributed by atoms with E-state index in [1.54, 1.807) is 13.0 Å². The molecular weight excluding hydrogens is 181 g/mol. The fourth-order valence-electron chi connectivity index (χ4n) is 0.896. The quantitative estimate of drug-likeness (QED) is 0.681. The number of pyridine rings is 1. The van der Waals surface area contributed by atoms with Gasteiger partial charge in [0.15, 0.2) is 0 Å². The van der Waals surface area contributed by atoms with Crippen molar-refractivity contribution in [3.8, 4) is 5.75 Å². The Balaban J connectivity index is 0.000000791. The maximum atomic E-state index is 12.5. The number of aryl methyl sites for hydroxylation is 1. The van der Waals surface area contributed by atoms with E-state index in [4.69, 9.17) is 4.74 Å². The molecule has 0 atom stereocenters. The molecule has 0 radical (unpaired) electrons. The van der Waals surface area contributed by atoms with E-state index in [0.717, 1.165) is 0 Å². The standard InChI is InChI=1S/C9H12FNO.C2H6/c1-6(2)12-8-4-5-9(10)11-7(8)3;1-2/h4-6H,1-3H3;1-2H3. The highest BCUT2D eigenvalue weighted by atomic mass is 19.1. The summed E-state index contributed by atoms with van der Waals surface area (Å²) < 4.78 is 17.9. The Morgan fingerprint density at radius 1 is 1.29 bits per heavy atom. The predicted molar refractivity (Wildman–Crippen MR) is 56.0 cm³/mol. The Morgan fingerprint density at radius 3 is 2.29 bits per heavy atom. The zero-order chi connectivity index (χ0) is 11.1. The molecule has 1 rings (SSSR count). The molecule has 0 amide bonds. The van der Waals surface area contributed by atoms with Gasteiger partial charge in [0.2, 0.25) is 5.95 Å². The summed E-state index contributed by atoms with van der Waals surface area (Å²) in [5.41, 5.74) is 0.587. The lowest BCUT2D eigenvalue weighted by molar-refractivity contribution is 0.239. The molecule has 0 aliphatic carbocycles. The molecule has 0 N–H and O–H groups in total. The van der Waals surface area contributed by atoms with Crippen molar-refractivity contribution in [1.82, 2.24) is 4.98 Å². The zero-order valence-corrected chi connectivity index (χ0v) is 9.47. The van der Waals surface area contributed by atoms with Crippen molar-refractivity contribution in [3.05, 3.63) is 23.8 Å². The van der Waals surface area contributed by atoms with E-state index < -0.39 is 5.95 Å². The normalized spacial score (nSPS) is 9.36. The van der Waals surface area contributed by atoms with Crippen LogP contribution in [0.1, 0.15) is 33.4 Å². The third-order valence-corrected chi connectivity index (χ3v) is 1.37. The summed E-state index contributed by atoms with van der Waals surface area (Å²) in [5.74, 6) is 0.176. The molecule has 1 aromatic heterocycles. The van der Waals surface area contributed by atoms with E-state index in [2.05, 4.69) is 4.98 Å². The number of ether oxygens (including phenoxy) is 1. The van der Waals surface area contributed by atoms with Gasteiger partial charge in [-0.15, -0.1) is 0 Å². The molecule has 0 bridgehead atoms. The van der Waals surface area contributed by atoms with Crippen LogP contribution in [0.2, 0.25) is 0 Å². The second-order valence-electron chi connectivity index (χ2n) is 2.88. The molecule has 0 fully saturated rings. The minimum atomic E-state index is -0.469. The van der Waals surface area contributed by atoms with Crippen LogP contribution in [0.4, 0.5) is 4.39 Å². The highest BCUT2D eigenvalue weighted by Gasteiger charge is 2.03. The van der Waals surface area contributed by atoms with Crippen molar-refractivity contribution < 1.29 is 9.13 Å². The van der Waals surface area contributed by atoms with Crippen LogP contribution in [0.3, 0.4) is 0 Å². The summed E-state index contributed by atoms with van der Waals surface area (Å²) >= 11 is 0. The van der Waals surface area contributed by atoms with Crippen molar-refractivity contribution in [3.63, 3.8) is 0 Å². The third-order valence-electron chi connectivity index (χ3n) is 1.37. The molecule has 0 aromatic carbocycles. The Morgan fingerprint density at radius 2 is 1.86 bits per heavy atom. The van der Waals surface area contributed by atoms with Gasteiger partial charge in [0.1, 0.15) is 5.75 Å². The maximum Gasteiger partial charge on any atom is 0.213 e. The molecule has 80 valence electrons. The van der Waals surface area contributed by atoms with Crippen molar-refractivity contribution >= 4 is 0 Å². The van der Waals surface area contributed by atoms with Crippen molar-refractivity contribution in [2.24, 2.45) is 0 Å². The lowest BCUT2D eigenvalue weighted by Crippen LogP contribution is -2.07. The Bertz CT molecular complexity index is 274. The van der Waals surface area contributed by atoms with Crippen LogP contribution >= 0.6 is 0 Å². The molecule has 0 spiro atoms. The average Bonchev–Trinajstić information content (AvgIpc) is 2.13. The van der Waals surface area contributed by atoms with Gasteiger partial charge in [0.25, 0.3) is 0 Å². The molecule has 0 unspecified atom stereocenters. The molecule has 3 heteroatoms. The third kappa shape index (κ3) is 4.21. The number of hydrogen-bond acceptors (Lipinski definition) is 2. The number of aromatic nitrogens is 1. The van der Waals surface area contributed by atoms with E-state index in [0.29, 0.717) is 11.4 Å².